The van der Waals surface area contributed by atoms with Crippen molar-refractivity contribution in [3.63, 3.8) is 0 Å². The van der Waals surface area contributed by atoms with Crippen LogP contribution >= 0.6 is 0 Å². The second kappa shape index (κ2) is 8.19. The van der Waals surface area contributed by atoms with Crippen LogP contribution in [0.2, 0.25) is 0 Å². The standard InChI is InChI=1S/C26H41NO4/c1-16(7-6-8-24(30)31-5)18-10-11-19-17-9-12-21-25(2,14-13-23(29)27(21)4)20(17)15-22(28)26(18,19)3/h16-21H,6-15H2,1-5H3/t16-,17+,18-,19+,20+,21-,25-,26-/m1/s1. The van der Waals surface area contributed by atoms with Gasteiger partial charge in [0.15, 0.2) is 0 Å². The molecule has 0 spiro atoms. The number of hydrogen-bond acceptors (Lipinski definition) is 4. The number of methoxy groups -OCH3 is 1. The Morgan fingerprint density at radius 1 is 1.16 bits per heavy atom. The van der Waals surface area contributed by atoms with Gasteiger partial charge in [0.05, 0.1) is 7.11 Å². The fourth-order valence-electron chi connectivity index (χ4n) is 8.67. The van der Waals surface area contributed by atoms with Gasteiger partial charge in [-0.15, -0.1) is 0 Å². The Morgan fingerprint density at radius 2 is 1.90 bits per heavy atom. The Labute approximate surface area is 187 Å². The quantitative estimate of drug-likeness (QED) is 0.596. The van der Waals surface area contributed by atoms with Crippen molar-refractivity contribution in [3.8, 4) is 0 Å². The van der Waals surface area contributed by atoms with E-state index in [1.54, 1.807) is 0 Å². The number of ketones is 1. The van der Waals surface area contributed by atoms with Crippen LogP contribution in [0.25, 0.3) is 0 Å². The predicted molar refractivity (Wildman–Crippen MR) is 119 cm³/mol. The molecule has 0 N–H and O–H groups in total. The Bertz CT molecular complexity index is 750. The maximum absolute atomic E-state index is 13.8. The molecule has 4 fully saturated rings. The van der Waals surface area contributed by atoms with Gasteiger partial charge >= 0.3 is 5.97 Å². The highest BCUT2D eigenvalue weighted by Crippen LogP contribution is 2.66. The molecule has 5 heteroatoms. The normalized spacial score (nSPS) is 43.1. The van der Waals surface area contributed by atoms with E-state index in [1.807, 2.05) is 11.9 Å². The fourth-order valence-corrected chi connectivity index (χ4v) is 8.67. The van der Waals surface area contributed by atoms with Crippen molar-refractivity contribution in [3.05, 3.63) is 0 Å². The van der Waals surface area contributed by atoms with Gasteiger partial charge in [0.1, 0.15) is 5.78 Å². The number of nitrogens with zero attached hydrogens (tertiary/aromatic N) is 1. The van der Waals surface area contributed by atoms with Crippen molar-refractivity contribution in [1.82, 2.24) is 4.90 Å². The maximum atomic E-state index is 13.8. The SMILES string of the molecule is COC(=O)CCC[C@@H](C)[C@H]1CC[C@H]2[C@@H]3CC[C@H]4N(C)C(=O)CC[C@]4(C)[C@H]3CC(=O)[C@]12C. The van der Waals surface area contributed by atoms with Crippen molar-refractivity contribution in [2.75, 3.05) is 14.2 Å². The molecule has 1 heterocycles. The van der Waals surface area contributed by atoms with Crippen molar-refractivity contribution < 1.29 is 19.1 Å². The number of fused-ring (bicyclic) bond motifs is 5. The number of amides is 1. The van der Waals surface area contributed by atoms with Crippen molar-refractivity contribution in [2.45, 2.75) is 91.0 Å². The zero-order valence-corrected chi connectivity index (χ0v) is 20.1. The average Bonchev–Trinajstić information content (AvgIpc) is 3.10. The first-order chi connectivity index (χ1) is 14.6. The van der Waals surface area contributed by atoms with Crippen LogP contribution in [0.3, 0.4) is 0 Å². The van der Waals surface area contributed by atoms with Gasteiger partial charge in [-0.3, -0.25) is 14.4 Å². The number of piperidine rings is 1. The van der Waals surface area contributed by atoms with Crippen LogP contribution in [0, 0.1) is 40.4 Å². The lowest BCUT2D eigenvalue weighted by Crippen LogP contribution is -2.63. The molecule has 0 bridgehead atoms. The van der Waals surface area contributed by atoms with Crippen LogP contribution in [-0.4, -0.2) is 42.8 Å². The van der Waals surface area contributed by atoms with Crippen LogP contribution in [0.4, 0.5) is 0 Å². The molecule has 0 aromatic rings. The highest BCUT2D eigenvalue weighted by molar-refractivity contribution is 5.87. The molecule has 5 nitrogen and oxygen atoms in total. The van der Waals surface area contributed by atoms with Gasteiger partial charge in [0.25, 0.3) is 0 Å². The van der Waals surface area contributed by atoms with Gasteiger partial charge in [-0.25, -0.2) is 0 Å². The summed E-state index contributed by atoms with van der Waals surface area (Å²) in [6.45, 7) is 6.93. The summed E-state index contributed by atoms with van der Waals surface area (Å²) in [4.78, 5) is 39.7. The number of likely N-dealkylation sites (tertiary alicyclic amines) is 1. The number of carbonyl (C=O) groups is 3. The molecule has 1 saturated heterocycles. The zero-order chi connectivity index (χ0) is 22.6. The van der Waals surface area contributed by atoms with Crippen molar-refractivity contribution >= 4 is 17.7 Å². The first-order valence-electron chi connectivity index (χ1n) is 12.5. The first kappa shape index (κ1) is 22.8. The van der Waals surface area contributed by atoms with Crippen LogP contribution < -0.4 is 0 Å². The third kappa shape index (κ3) is 3.45. The van der Waals surface area contributed by atoms with Crippen molar-refractivity contribution in [2.24, 2.45) is 40.4 Å². The summed E-state index contributed by atoms with van der Waals surface area (Å²) < 4.78 is 4.79. The maximum Gasteiger partial charge on any atom is 0.305 e. The Hall–Kier alpha value is -1.39. The molecule has 0 aromatic heterocycles. The minimum Gasteiger partial charge on any atom is -0.469 e. The fraction of sp³-hybridized carbons (Fsp3) is 0.885. The molecule has 1 aliphatic heterocycles. The minimum absolute atomic E-state index is 0.0762. The van der Waals surface area contributed by atoms with E-state index < -0.39 is 0 Å². The zero-order valence-electron chi connectivity index (χ0n) is 20.1. The molecule has 4 aliphatic rings. The molecule has 3 aliphatic carbocycles. The van der Waals surface area contributed by atoms with Crippen molar-refractivity contribution in [1.29, 1.82) is 0 Å². The largest absolute Gasteiger partial charge is 0.469 e. The lowest BCUT2D eigenvalue weighted by Gasteiger charge is -2.61. The summed E-state index contributed by atoms with van der Waals surface area (Å²) in [6, 6.07) is 0.293. The Morgan fingerprint density at radius 3 is 2.61 bits per heavy atom. The van der Waals surface area contributed by atoms with E-state index in [0.29, 0.717) is 60.7 Å². The summed E-state index contributed by atoms with van der Waals surface area (Å²) in [5.41, 5.74) is -0.141. The van der Waals surface area contributed by atoms with Gasteiger partial charge in [-0.2, -0.15) is 0 Å². The second-order valence-electron chi connectivity index (χ2n) is 11.5. The van der Waals surface area contributed by atoms with E-state index in [0.717, 1.165) is 44.9 Å². The Kier molecular flexibility index (Phi) is 6.02. The molecular weight excluding hydrogens is 390 g/mol. The molecule has 174 valence electrons. The molecule has 0 unspecified atom stereocenters. The smallest absolute Gasteiger partial charge is 0.305 e. The van der Waals surface area contributed by atoms with E-state index in [1.165, 1.54) is 7.11 Å². The number of ether oxygens (including phenoxy) is 1. The van der Waals surface area contributed by atoms with E-state index >= 15 is 0 Å². The number of rotatable bonds is 5. The molecule has 0 radical (unpaired) electrons. The lowest BCUT2D eigenvalue weighted by atomic mass is 9.46. The summed E-state index contributed by atoms with van der Waals surface area (Å²) in [5.74, 6) is 2.98. The summed E-state index contributed by atoms with van der Waals surface area (Å²) in [7, 11) is 3.42. The summed E-state index contributed by atoms with van der Waals surface area (Å²) >= 11 is 0. The van der Waals surface area contributed by atoms with Crippen LogP contribution in [0.15, 0.2) is 0 Å². The highest BCUT2D eigenvalue weighted by atomic mass is 16.5. The van der Waals surface area contributed by atoms with E-state index in [9.17, 15) is 14.4 Å². The molecule has 0 aromatic carbocycles. The highest BCUT2D eigenvalue weighted by Gasteiger charge is 2.64. The van der Waals surface area contributed by atoms with E-state index in [-0.39, 0.29) is 22.7 Å². The van der Waals surface area contributed by atoms with Crippen LogP contribution in [0.1, 0.15) is 85.0 Å². The monoisotopic (exact) mass is 431 g/mol. The average molecular weight is 432 g/mol. The van der Waals surface area contributed by atoms with Gasteiger partial charge in [0.2, 0.25) is 5.91 Å². The lowest BCUT2D eigenvalue weighted by molar-refractivity contribution is -0.166. The number of esters is 1. The third-order valence-corrected chi connectivity index (χ3v) is 10.4. The van der Waals surface area contributed by atoms with Crippen LogP contribution in [-0.2, 0) is 19.1 Å². The molecule has 1 amide bonds. The van der Waals surface area contributed by atoms with Gasteiger partial charge in [0, 0.05) is 37.8 Å². The first-order valence-corrected chi connectivity index (χ1v) is 12.5. The predicted octanol–water partition coefficient (Wildman–Crippen LogP) is 4.62. The number of Topliss-reactive ketones (excluding diaryl/α,β-unsaturated/α-hetero) is 1. The van der Waals surface area contributed by atoms with E-state index in [2.05, 4.69) is 20.8 Å². The van der Waals surface area contributed by atoms with Crippen LogP contribution in [0.5, 0.6) is 0 Å². The Balaban J connectivity index is 1.52. The molecule has 3 saturated carbocycles. The topological polar surface area (TPSA) is 63.7 Å². The third-order valence-electron chi connectivity index (χ3n) is 10.4. The number of carbonyl (C=O) groups excluding carboxylic acids is 3. The number of hydrogen-bond donors (Lipinski definition) is 0. The molecule has 8 atom stereocenters. The molecular formula is C26H41NO4. The summed E-state index contributed by atoms with van der Waals surface area (Å²) in [5, 5.41) is 0. The summed E-state index contributed by atoms with van der Waals surface area (Å²) in [6.07, 6.45) is 9.07. The molecule has 31 heavy (non-hydrogen) atoms. The van der Waals surface area contributed by atoms with E-state index in [4.69, 9.17) is 4.74 Å². The van der Waals surface area contributed by atoms with Gasteiger partial charge < -0.3 is 9.64 Å². The van der Waals surface area contributed by atoms with Gasteiger partial charge in [-0.05, 0) is 80.0 Å². The second-order valence-corrected chi connectivity index (χ2v) is 11.5. The van der Waals surface area contributed by atoms with Gasteiger partial charge in [-0.1, -0.05) is 20.8 Å². The molecule has 4 rings (SSSR count). The minimum atomic E-state index is -0.217.